The van der Waals surface area contributed by atoms with Crippen LogP contribution in [0.15, 0.2) is 82.3 Å². The summed E-state index contributed by atoms with van der Waals surface area (Å²) in [7, 11) is 1.63. The molecular formula is C22H16BrNO2. The molecule has 0 unspecified atom stereocenters. The summed E-state index contributed by atoms with van der Waals surface area (Å²) in [6, 6.07) is 23.1. The van der Waals surface area contributed by atoms with Crippen LogP contribution in [-0.2, 0) is 0 Å². The molecule has 3 nitrogen and oxygen atoms in total. The minimum absolute atomic E-state index is 0.0837. The summed E-state index contributed by atoms with van der Waals surface area (Å²) in [5, 5.41) is 0. The number of fused-ring (bicyclic) bond motifs is 1. The number of hydrogen-bond donors (Lipinski definition) is 0. The van der Waals surface area contributed by atoms with E-state index in [0.29, 0.717) is 0 Å². The van der Waals surface area contributed by atoms with Gasteiger partial charge in [-0.05, 0) is 29.8 Å². The maximum absolute atomic E-state index is 13.1. The van der Waals surface area contributed by atoms with Crippen molar-refractivity contribution in [1.29, 1.82) is 0 Å². The molecule has 0 radical (unpaired) electrons. The van der Waals surface area contributed by atoms with E-state index in [1.165, 1.54) is 0 Å². The Morgan fingerprint density at radius 1 is 0.923 bits per heavy atom. The monoisotopic (exact) mass is 405 g/mol. The number of ether oxygens (including phenoxy) is 1. The lowest BCUT2D eigenvalue weighted by atomic mass is 9.93. The number of aliphatic imine (C=N–C) groups is 1. The molecule has 0 N–H and O–H groups in total. The number of halogens is 1. The van der Waals surface area contributed by atoms with Gasteiger partial charge in [-0.25, -0.2) is 0 Å². The Morgan fingerprint density at radius 2 is 1.69 bits per heavy atom. The standard InChI is InChI=1S/C22H16BrNO2/c1-26-17-9-5-8-16(13-17)24-21-18-10-2-3-11-19(18)22(25)20(21)14-6-4-7-15(23)12-14/h2-13,20H,1H3/t20-/m1/s1. The number of benzene rings is 3. The van der Waals surface area contributed by atoms with Crippen LogP contribution in [0.4, 0.5) is 5.69 Å². The highest BCUT2D eigenvalue weighted by Gasteiger charge is 2.37. The number of hydrogen-bond acceptors (Lipinski definition) is 3. The lowest BCUT2D eigenvalue weighted by Crippen LogP contribution is -2.13. The highest BCUT2D eigenvalue weighted by Crippen LogP contribution is 2.37. The van der Waals surface area contributed by atoms with Gasteiger partial charge in [0.15, 0.2) is 5.78 Å². The molecule has 0 heterocycles. The van der Waals surface area contributed by atoms with Gasteiger partial charge in [-0.15, -0.1) is 0 Å². The highest BCUT2D eigenvalue weighted by atomic mass is 79.9. The van der Waals surface area contributed by atoms with E-state index in [4.69, 9.17) is 9.73 Å². The molecule has 3 aromatic rings. The second kappa shape index (κ2) is 6.89. The van der Waals surface area contributed by atoms with Crippen molar-refractivity contribution < 1.29 is 9.53 Å². The molecule has 26 heavy (non-hydrogen) atoms. The summed E-state index contributed by atoms with van der Waals surface area (Å²) in [4.78, 5) is 18.0. The van der Waals surface area contributed by atoms with Gasteiger partial charge in [-0.2, -0.15) is 0 Å². The predicted octanol–water partition coefficient (Wildman–Crippen LogP) is 5.56. The maximum atomic E-state index is 13.1. The Bertz CT molecular complexity index is 1030. The first kappa shape index (κ1) is 16.7. The molecule has 4 rings (SSSR count). The third kappa shape index (κ3) is 2.97. The van der Waals surface area contributed by atoms with Crippen LogP contribution in [0.1, 0.15) is 27.4 Å². The average molecular weight is 406 g/mol. The van der Waals surface area contributed by atoms with Crippen LogP contribution in [-0.4, -0.2) is 18.6 Å². The third-order valence-electron chi connectivity index (χ3n) is 4.49. The van der Waals surface area contributed by atoms with Crippen LogP contribution in [0.5, 0.6) is 5.75 Å². The van der Waals surface area contributed by atoms with E-state index in [1.54, 1.807) is 7.11 Å². The molecule has 0 bridgehead atoms. The molecule has 3 aromatic carbocycles. The van der Waals surface area contributed by atoms with E-state index in [0.717, 1.165) is 38.3 Å². The number of methoxy groups -OCH3 is 1. The molecular weight excluding hydrogens is 390 g/mol. The van der Waals surface area contributed by atoms with Crippen LogP contribution in [0.2, 0.25) is 0 Å². The van der Waals surface area contributed by atoms with Crippen molar-refractivity contribution in [3.05, 3.63) is 94.0 Å². The molecule has 0 aromatic heterocycles. The summed E-state index contributed by atoms with van der Waals surface area (Å²) < 4.78 is 6.24. The summed E-state index contributed by atoms with van der Waals surface area (Å²) >= 11 is 3.50. The fraction of sp³-hybridized carbons (Fsp3) is 0.0909. The minimum Gasteiger partial charge on any atom is -0.497 e. The van der Waals surface area contributed by atoms with Crippen molar-refractivity contribution in [3.63, 3.8) is 0 Å². The van der Waals surface area contributed by atoms with Crippen molar-refractivity contribution >= 4 is 33.1 Å². The lowest BCUT2D eigenvalue weighted by molar-refractivity contribution is 0.0988. The first-order valence-electron chi connectivity index (χ1n) is 8.29. The molecule has 0 saturated heterocycles. The van der Waals surface area contributed by atoms with Crippen molar-refractivity contribution in [2.75, 3.05) is 7.11 Å². The molecule has 4 heteroatoms. The van der Waals surface area contributed by atoms with Gasteiger partial charge in [0.25, 0.3) is 0 Å². The molecule has 1 aliphatic rings. The van der Waals surface area contributed by atoms with Crippen LogP contribution in [0.3, 0.4) is 0 Å². The molecule has 0 amide bonds. The predicted molar refractivity (Wildman–Crippen MR) is 107 cm³/mol. The van der Waals surface area contributed by atoms with E-state index in [2.05, 4.69) is 15.9 Å². The quantitative estimate of drug-likeness (QED) is 0.571. The van der Waals surface area contributed by atoms with E-state index < -0.39 is 5.92 Å². The Kier molecular flexibility index (Phi) is 4.43. The number of carbonyl (C=O) groups excluding carboxylic acids is 1. The Balaban J connectivity index is 1.90. The van der Waals surface area contributed by atoms with Gasteiger partial charge in [0.05, 0.1) is 24.4 Å². The summed E-state index contributed by atoms with van der Waals surface area (Å²) in [6.45, 7) is 0. The zero-order valence-corrected chi connectivity index (χ0v) is 15.7. The fourth-order valence-corrected chi connectivity index (χ4v) is 3.71. The zero-order valence-electron chi connectivity index (χ0n) is 14.1. The molecule has 0 fully saturated rings. The van der Waals surface area contributed by atoms with Gasteiger partial charge in [-0.1, -0.05) is 58.4 Å². The number of ketones is 1. The zero-order chi connectivity index (χ0) is 18.1. The van der Waals surface area contributed by atoms with E-state index in [9.17, 15) is 4.79 Å². The molecule has 0 saturated carbocycles. The van der Waals surface area contributed by atoms with Gasteiger partial charge >= 0.3 is 0 Å². The number of rotatable bonds is 3. The smallest absolute Gasteiger partial charge is 0.176 e. The maximum Gasteiger partial charge on any atom is 0.176 e. The number of Topliss-reactive ketones (excluding diaryl/α,β-unsaturated/α-hetero) is 1. The van der Waals surface area contributed by atoms with Crippen molar-refractivity contribution in [2.24, 2.45) is 4.99 Å². The van der Waals surface area contributed by atoms with Gasteiger partial charge in [0.1, 0.15) is 5.75 Å². The number of carbonyl (C=O) groups is 1. The van der Waals surface area contributed by atoms with Gasteiger partial charge in [-0.3, -0.25) is 9.79 Å². The first-order chi connectivity index (χ1) is 12.7. The molecule has 1 aliphatic carbocycles. The van der Waals surface area contributed by atoms with Crippen molar-refractivity contribution in [1.82, 2.24) is 0 Å². The summed E-state index contributed by atoms with van der Waals surface area (Å²) in [6.07, 6.45) is 0. The summed E-state index contributed by atoms with van der Waals surface area (Å²) in [5.41, 5.74) is 4.09. The lowest BCUT2D eigenvalue weighted by Gasteiger charge is -2.12. The third-order valence-corrected chi connectivity index (χ3v) is 4.98. The second-order valence-corrected chi connectivity index (χ2v) is 7.01. The number of nitrogens with zero attached hydrogens (tertiary/aromatic N) is 1. The van der Waals surface area contributed by atoms with Crippen molar-refractivity contribution in [2.45, 2.75) is 5.92 Å². The Morgan fingerprint density at radius 3 is 2.46 bits per heavy atom. The summed E-state index contributed by atoms with van der Waals surface area (Å²) in [5.74, 6) is 0.417. The van der Waals surface area contributed by atoms with Gasteiger partial charge in [0.2, 0.25) is 0 Å². The molecule has 0 aliphatic heterocycles. The Hall–Kier alpha value is -2.72. The SMILES string of the molecule is COc1cccc(N=C2c3ccccc3C(=O)[C@@H]2c2cccc(Br)c2)c1. The van der Waals surface area contributed by atoms with Crippen LogP contribution < -0.4 is 4.74 Å². The normalized spacial score (nSPS) is 17.4. The molecule has 1 atom stereocenters. The molecule has 0 spiro atoms. The van der Waals surface area contributed by atoms with Gasteiger partial charge < -0.3 is 4.74 Å². The molecule has 128 valence electrons. The fourth-order valence-electron chi connectivity index (χ4n) is 3.30. The average Bonchev–Trinajstić information content (AvgIpc) is 2.94. The topological polar surface area (TPSA) is 38.7 Å². The van der Waals surface area contributed by atoms with E-state index >= 15 is 0 Å². The highest BCUT2D eigenvalue weighted by molar-refractivity contribution is 9.10. The van der Waals surface area contributed by atoms with Gasteiger partial charge in [0, 0.05) is 21.7 Å². The van der Waals surface area contributed by atoms with Crippen LogP contribution >= 0.6 is 15.9 Å². The Labute approximate surface area is 160 Å². The van der Waals surface area contributed by atoms with Crippen LogP contribution in [0.25, 0.3) is 0 Å². The largest absolute Gasteiger partial charge is 0.497 e. The minimum atomic E-state index is -0.406. The second-order valence-electron chi connectivity index (χ2n) is 6.10. The van der Waals surface area contributed by atoms with Crippen molar-refractivity contribution in [3.8, 4) is 5.75 Å². The van der Waals surface area contributed by atoms with E-state index in [-0.39, 0.29) is 5.78 Å². The van der Waals surface area contributed by atoms with Crippen LogP contribution in [0, 0.1) is 0 Å². The first-order valence-corrected chi connectivity index (χ1v) is 9.08. The van der Waals surface area contributed by atoms with E-state index in [1.807, 2.05) is 72.8 Å².